The average molecular weight is 345 g/mol. The first-order valence-corrected chi connectivity index (χ1v) is 7.37. The van der Waals surface area contributed by atoms with Crippen molar-refractivity contribution in [3.8, 4) is 0 Å². The van der Waals surface area contributed by atoms with Crippen LogP contribution in [0.3, 0.4) is 0 Å². The molecule has 0 rings (SSSR count). The van der Waals surface area contributed by atoms with Crippen molar-refractivity contribution >= 4 is 12.2 Å². The van der Waals surface area contributed by atoms with E-state index in [1.807, 2.05) is 0 Å². The van der Waals surface area contributed by atoms with Crippen LogP contribution in [0.5, 0.6) is 0 Å². The van der Waals surface area contributed by atoms with Crippen LogP contribution in [0.25, 0.3) is 0 Å². The molecule has 0 aromatic carbocycles. The first-order valence-electron chi connectivity index (χ1n) is 7.37. The molecule has 0 saturated carbocycles. The van der Waals surface area contributed by atoms with Crippen LogP contribution < -0.4 is 11.5 Å². The summed E-state index contributed by atoms with van der Waals surface area (Å²) in [5.41, 5.74) is 10.1. The summed E-state index contributed by atoms with van der Waals surface area (Å²) in [6, 6.07) is 0. The standard InChI is InChI=1S/C15H27N3O6/c1-4-6-21-10-12(23-14(16)19)8-18(3)9-13(24-15(17)20)11-22-7-5-2/h4-5,12-13H,1-2,6-11H2,3H3,(H2,16,19)(H2,17,20). The van der Waals surface area contributed by atoms with E-state index in [2.05, 4.69) is 13.2 Å². The summed E-state index contributed by atoms with van der Waals surface area (Å²) in [6.07, 6.45) is 0.230. The fraction of sp³-hybridized carbons (Fsp3) is 0.600. The van der Waals surface area contributed by atoms with Crippen molar-refractivity contribution in [3.63, 3.8) is 0 Å². The van der Waals surface area contributed by atoms with Crippen LogP contribution in [0.15, 0.2) is 25.3 Å². The lowest BCUT2D eigenvalue weighted by atomic mass is 10.3. The number of rotatable bonds is 14. The number of nitrogens with two attached hydrogens (primary N) is 2. The highest BCUT2D eigenvalue weighted by Gasteiger charge is 2.20. The second-order valence-electron chi connectivity index (χ2n) is 4.99. The summed E-state index contributed by atoms with van der Waals surface area (Å²) in [7, 11) is 1.76. The summed E-state index contributed by atoms with van der Waals surface area (Å²) in [6.45, 7) is 8.67. The van der Waals surface area contributed by atoms with E-state index in [1.165, 1.54) is 0 Å². The summed E-state index contributed by atoms with van der Waals surface area (Å²) in [5, 5.41) is 0. The van der Waals surface area contributed by atoms with Gasteiger partial charge in [-0.2, -0.15) is 0 Å². The largest absolute Gasteiger partial charge is 0.443 e. The number of carbonyl (C=O) groups is 2. The van der Waals surface area contributed by atoms with Gasteiger partial charge >= 0.3 is 12.2 Å². The number of hydrogen-bond donors (Lipinski definition) is 2. The third-order valence-electron chi connectivity index (χ3n) is 2.68. The number of likely N-dealkylation sites (N-methyl/N-ethyl adjacent to an activating group) is 1. The van der Waals surface area contributed by atoms with Gasteiger partial charge in [-0.3, -0.25) is 4.90 Å². The molecule has 0 aromatic heterocycles. The van der Waals surface area contributed by atoms with Crippen molar-refractivity contribution < 1.29 is 28.5 Å². The molecule has 2 atom stereocenters. The van der Waals surface area contributed by atoms with Crippen molar-refractivity contribution in [3.05, 3.63) is 25.3 Å². The Hall–Kier alpha value is -2.10. The Kier molecular flexibility index (Phi) is 12.2. The quantitative estimate of drug-likeness (QED) is 0.341. The molecule has 0 radical (unpaired) electrons. The van der Waals surface area contributed by atoms with Gasteiger partial charge in [-0.05, 0) is 7.05 Å². The van der Waals surface area contributed by atoms with Gasteiger partial charge in [-0.25, -0.2) is 9.59 Å². The zero-order chi connectivity index (χ0) is 18.4. The molecule has 0 spiro atoms. The van der Waals surface area contributed by atoms with E-state index < -0.39 is 24.4 Å². The Labute approximate surface area is 142 Å². The SMILES string of the molecule is C=CCOCC(CN(C)CC(COCC=C)OC(N)=O)OC(N)=O. The molecule has 0 heterocycles. The Morgan fingerprint density at radius 3 is 1.62 bits per heavy atom. The summed E-state index contributed by atoms with van der Waals surface area (Å²) >= 11 is 0. The van der Waals surface area contributed by atoms with E-state index in [0.29, 0.717) is 26.3 Å². The van der Waals surface area contributed by atoms with Crippen molar-refractivity contribution in [2.75, 3.05) is 46.6 Å². The minimum atomic E-state index is -0.894. The number of amides is 2. The van der Waals surface area contributed by atoms with E-state index in [0.717, 1.165) is 0 Å². The summed E-state index contributed by atoms with van der Waals surface area (Å²) < 4.78 is 20.5. The van der Waals surface area contributed by atoms with Crippen LogP contribution in [0.4, 0.5) is 9.59 Å². The average Bonchev–Trinajstić information content (AvgIpc) is 2.46. The van der Waals surface area contributed by atoms with Gasteiger partial charge < -0.3 is 30.4 Å². The third kappa shape index (κ3) is 12.4. The van der Waals surface area contributed by atoms with E-state index >= 15 is 0 Å². The van der Waals surface area contributed by atoms with Crippen molar-refractivity contribution in [2.24, 2.45) is 11.5 Å². The molecule has 0 aliphatic carbocycles. The molecule has 138 valence electrons. The Morgan fingerprint density at radius 2 is 1.33 bits per heavy atom. The molecule has 0 aliphatic heterocycles. The lowest BCUT2D eigenvalue weighted by Crippen LogP contribution is -2.42. The molecule has 24 heavy (non-hydrogen) atoms. The van der Waals surface area contributed by atoms with Gasteiger partial charge in [0.25, 0.3) is 0 Å². The lowest BCUT2D eigenvalue weighted by Gasteiger charge is -2.26. The maximum atomic E-state index is 11.0. The van der Waals surface area contributed by atoms with Gasteiger partial charge in [0.15, 0.2) is 0 Å². The third-order valence-corrected chi connectivity index (χ3v) is 2.68. The molecule has 9 nitrogen and oxygen atoms in total. The minimum absolute atomic E-state index is 0.160. The number of carbonyl (C=O) groups excluding carboxylic acids is 2. The van der Waals surface area contributed by atoms with Crippen molar-refractivity contribution in [2.45, 2.75) is 12.2 Å². The van der Waals surface area contributed by atoms with E-state index in [9.17, 15) is 9.59 Å². The maximum absolute atomic E-state index is 11.0. The Morgan fingerprint density at radius 1 is 0.958 bits per heavy atom. The molecule has 0 aromatic rings. The highest BCUT2D eigenvalue weighted by molar-refractivity contribution is 5.65. The molecular formula is C15H27N3O6. The summed E-state index contributed by atoms with van der Waals surface area (Å²) in [5.74, 6) is 0. The molecular weight excluding hydrogens is 318 g/mol. The molecule has 9 heteroatoms. The fourth-order valence-electron chi connectivity index (χ4n) is 1.91. The number of ether oxygens (including phenoxy) is 4. The maximum Gasteiger partial charge on any atom is 0.404 e. The first kappa shape index (κ1) is 21.9. The molecule has 0 fully saturated rings. The van der Waals surface area contributed by atoms with Gasteiger partial charge in [-0.15, -0.1) is 13.2 Å². The number of nitrogens with zero attached hydrogens (tertiary/aromatic N) is 1. The lowest BCUT2D eigenvalue weighted by molar-refractivity contribution is -0.00636. The zero-order valence-corrected chi connectivity index (χ0v) is 14.0. The second kappa shape index (κ2) is 13.3. The first-order chi connectivity index (χ1) is 11.4. The minimum Gasteiger partial charge on any atom is -0.443 e. The normalized spacial score (nSPS) is 13.1. The second-order valence-corrected chi connectivity index (χ2v) is 4.99. The van der Waals surface area contributed by atoms with Crippen molar-refractivity contribution in [1.82, 2.24) is 4.90 Å². The number of hydrogen-bond acceptors (Lipinski definition) is 7. The van der Waals surface area contributed by atoms with Gasteiger partial charge in [0, 0.05) is 13.1 Å². The molecule has 0 saturated heterocycles. The van der Waals surface area contributed by atoms with E-state index in [1.54, 1.807) is 24.1 Å². The highest BCUT2D eigenvalue weighted by Crippen LogP contribution is 2.02. The monoisotopic (exact) mass is 345 g/mol. The van der Waals surface area contributed by atoms with Crippen LogP contribution in [-0.2, 0) is 18.9 Å². The van der Waals surface area contributed by atoms with E-state index in [4.69, 9.17) is 30.4 Å². The van der Waals surface area contributed by atoms with Crippen LogP contribution in [0.1, 0.15) is 0 Å². The van der Waals surface area contributed by atoms with Gasteiger partial charge in [-0.1, -0.05) is 12.2 Å². The Bertz CT molecular complexity index is 369. The predicted molar refractivity (Wildman–Crippen MR) is 88.4 cm³/mol. The smallest absolute Gasteiger partial charge is 0.404 e. The molecule has 4 N–H and O–H groups in total. The van der Waals surface area contributed by atoms with Crippen LogP contribution >= 0.6 is 0 Å². The highest BCUT2D eigenvalue weighted by atomic mass is 16.6. The van der Waals surface area contributed by atoms with Crippen LogP contribution in [0, 0.1) is 0 Å². The Balaban J connectivity index is 4.51. The summed E-state index contributed by atoms with van der Waals surface area (Å²) in [4.78, 5) is 23.7. The predicted octanol–water partition coefficient (Wildman–Crippen LogP) is 0.251. The zero-order valence-electron chi connectivity index (χ0n) is 14.0. The van der Waals surface area contributed by atoms with Crippen LogP contribution in [-0.4, -0.2) is 75.9 Å². The topological polar surface area (TPSA) is 126 Å². The molecule has 0 bridgehead atoms. The molecule has 2 amide bonds. The van der Waals surface area contributed by atoms with Gasteiger partial charge in [0.2, 0.25) is 0 Å². The van der Waals surface area contributed by atoms with Gasteiger partial charge in [0.1, 0.15) is 12.2 Å². The number of primary amides is 2. The fourth-order valence-corrected chi connectivity index (χ4v) is 1.91. The molecule has 0 aliphatic rings. The molecule has 2 unspecified atom stereocenters. The van der Waals surface area contributed by atoms with Crippen LogP contribution in [0.2, 0.25) is 0 Å². The van der Waals surface area contributed by atoms with Crippen molar-refractivity contribution in [1.29, 1.82) is 0 Å². The van der Waals surface area contributed by atoms with E-state index in [-0.39, 0.29) is 13.2 Å². The van der Waals surface area contributed by atoms with Gasteiger partial charge in [0.05, 0.1) is 26.4 Å².